The monoisotopic (exact) mass is 487 g/mol. The summed E-state index contributed by atoms with van der Waals surface area (Å²) in [7, 11) is 1.59. The van der Waals surface area contributed by atoms with E-state index in [4.69, 9.17) is 4.42 Å². The predicted molar refractivity (Wildman–Crippen MR) is 119 cm³/mol. The number of carboxylic acid groups (broad SMARTS) is 1. The molecule has 2 atom stereocenters. The van der Waals surface area contributed by atoms with Crippen LogP contribution in [0, 0.1) is 5.82 Å². The molecule has 0 saturated carbocycles. The van der Waals surface area contributed by atoms with Crippen LogP contribution in [0.2, 0.25) is 0 Å². The molecule has 1 unspecified atom stereocenters. The Bertz CT molecular complexity index is 1090. The highest BCUT2D eigenvalue weighted by Crippen LogP contribution is 2.29. The number of hydrazine groups is 1. The standard InChI is InChI=1S/C23H26FN5O6/c1-26-14-20(30)28-18(8-9-21(31)32)22(33)27(12-17-3-2-10-35-17)13-19(28)29(26)23(34)25-11-15-4-6-16(24)7-5-15/h2-7,10,18-19H,8-9,11-14H2,1H3,(H,25,34)(H,31,32)/t18?,19-/m0/s1. The third kappa shape index (κ3) is 5.27. The van der Waals surface area contributed by atoms with E-state index in [2.05, 4.69) is 5.32 Å². The maximum Gasteiger partial charge on any atom is 0.334 e. The van der Waals surface area contributed by atoms with Gasteiger partial charge in [-0.2, -0.15) is 0 Å². The number of rotatable bonds is 7. The second-order valence-electron chi connectivity index (χ2n) is 8.47. The van der Waals surface area contributed by atoms with Crippen LogP contribution in [0.4, 0.5) is 9.18 Å². The maximum absolute atomic E-state index is 13.3. The number of furan rings is 1. The van der Waals surface area contributed by atoms with Crippen molar-refractivity contribution in [3.63, 3.8) is 0 Å². The van der Waals surface area contributed by atoms with Gasteiger partial charge >= 0.3 is 12.0 Å². The number of carbonyl (C=O) groups is 4. The zero-order valence-electron chi connectivity index (χ0n) is 19.1. The molecule has 11 nitrogen and oxygen atoms in total. The van der Waals surface area contributed by atoms with Crippen molar-refractivity contribution in [2.75, 3.05) is 20.1 Å². The van der Waals surface area contributed by atoms with E-state index in [-0.39, 0.29) is 50.7 Å². The van der Waals surface area contributed by atoms with Crippen LogP contribution in [0.15, 0.2) is 47.1 Å². The molecule has 2 aromatic rings. The SMILES string of the molecule is CN1CC(=O)N2C(CCC(=O)O)C(=O)N(Cc3ccco3)C[C@@H]2N1C(=O)NCc1ccc(F)cc1. The van der Waals surface area contributed by atoms with E-state index < -0.39 is 30.1 Å². The van der Waals surface area contributed by atoms with E-state index in [0.29, 0.717) is 11.3 Å². The van der Waals surface area contributed by atoms with Gasteiger partial charge in [-0.25, -0.2) is 19.2 Å². The number of benzene rings is 1. The van der Waals surface area contributed by atoms with Crippen LogP contribution in [0.25, 0.3) is 0 Å². The van der Waals surface area contributed by atoms with E-state index in [1.807, 2.05) is 0 Å². The van der Waals surface area contributed by atoms with Gasteiger partial charge in [-0.3, -0.25) is 14.4 Å². The Morgan fingerprint density at radius 3 is 2.60 bits per heavy atom. The summed E-state index contributed by atoms with van der Waals surface area (Å²) in [5.41, 5.74) is 0.685. The van der Waals surface area contributed by atoms with Gasteiger partial charge in [-0.15, -0.1) is 0 Å². The molecule has 0 aliphatic carbocycles. The Hall–Kier alpha value is -3.93. The van der Waals surface area contributed by atoms with Crippen molar-refractivity contribution in [1.82, 2.24) is 25.1 Å². The van der Waals surface area contributed by atoms with Gasteiger partial charge in [-0.1, -0.05) is 12.1 Å². The zero-order valence-corrected chi connectivity index (χ0v) is 19.1. The topological polar surface area (TPSA) is 127 Å². The van der Waals surface area contributed by atoms with Gasteiger partial charge in [-0.05, 0) is 36.2 Å². The Labute approximate surface area is 200 Å². The number of fused-ring (bicyclic) bond motifs is 1. The number of likely N-dealkylation sites (N-methyl/N-ethyl adjacent to an activating group) is 1. The number of halogens is 1. The predicted octanol–water partition coefficient (Wildman–Crippen LogP) is 1.22. The first kappa shape index (κ1) is 24.2. The normalized spacial score (nSPS) is 20.7. The van der Waals surface area contributed by atoms with Crippen molar-refractivity contribution >= 4 is 23.8 Å². The average Bonchev–Trinajstić information content (AvgIpc) is 3.32. The summed E-state index contributed by atoms with van der Waals surface area (Å²) < 4.78 is 18.6. The third-order valence-electron chi connectivity index (χ3n) is 6.06. The number of nitrogens with one attached hydrogen (secondary N) is 1. The van der Waals surface area contributed by atoms with Crippen molar-refractivity contribution in [2.45, 2.75) is 38.1 Å². The lowest BCUT2D eigenvalue weighted by molar-refractivity contribution is -0.188. The summed E-state index contributed by atoms with van der Waals surface area (Å²) in [6.45, 7) is 0.100. The summed E-state index contributed by atoms with van der Waals surface area (Å²) in [5.74, 6) is -1.73. The molecule has 186 valence electrons. The zero-order chi connectivity index (χ0) is 25.1. The molecule has 2 aliphatic rings. The first-order chi connectivity index (χ1) is 16.7. The Kier molecular flexibility index (Phi) is 7.01. The van der Waals surface area contributed by atoms with Gasteiger partial charge in [0.05, 0.1) is 25.9 Å². The first-order valence-electron chi connectivity index (χ1n) is 11.1. The van der Waals surface area contributed by atoms with Gasteiger partial charge in [0.25, 0.3) is 0 Å². The Morgan fingerprint density at radius 2 is 1.94 bits per heavy atom. The fourth-order valence-electron chi connectivity index (χ4n) is 4.44. The fourth-order valence-corrected chi connectivity index (χ4v) is 4.44. The molecule has 0 radical (unpaired) electrons. The fraction of sp³-hybridized carbons (Fsp3) is 0.391. The lowest BCUT2D eigenvalue weighted by atomic mass is 10.0. The van der Waals surface area contributed by atoms with Gasteiger partial charge in [0.2, 0.25) is 11.8 Å². The van der Waals surface area contributed by atoms with Crippen molar-refractivity contribution in [1.29, 1.82) is 0 Å². The summed E-state index contributed by atoms with van der Waals surface area (Å²) in [6.07, 6.45) is 0.236. The molecule has 1 aromatic carbocycles. The first-order valence-corrected chi connectivity index (χ1v) is 11.1. The second-order valence-corrected chi connectivity index (χ2v) is 8.47. The van der Waals surface area contributed by atoms with Gasteiger partial charge < -0.3 is 24.6 Å². The number of carbonyl (C=O) groups excluding carboxylic acids is 3. The quantitative estimate of drug-likeness (QED) is 0.601. The number of hydrogen-bond acceptors (Lipinski definition) is 6. The summed E-state index contributed by atoms with van der Waals surface area (Å²) in [5, 5.41) is 14.8. The summed E-state index contributed by atoms with van der Waals surface area (Å²) in [6, 6.07) is 7.54. The lowest BCUT2D eigenvalue weighted by Crippen LogP contribution is -2.75. The molecule has 3 heterocycles. The molecule has 2 N–H and O–H groups in total. The molecule has 12 heteroatoms. The molecule has 35 heavy (non-hydrogen) atoms. The van der Waals surface area contributed by atoms with Crippen molar-refractivity contribution in [2.24, 2.45) is 0 Å². The molecule has 2 saturated heterocycles. The number of hydrogen-bond donors (Lipinski definition) is 2. The number of urea groups is 1. The van der Waals surface area contributed by atoms with Crippen LogP contribution in [0.1, 0.15) is 24.2 Å². The molecular weight excluding hydrogens is 461 g/mol. The van der Waals surface area contributed by atoms with Crippen molar-refractivity contribution in [3.05, 3.63) is 59.8 Å². The molecule has 2 fully saturated rings. The van der Waals surface area contributed by atoms with E-state index in [9.17, 15) is 28.7 Å². The van der Waals surface area contributed by atoms with E-state index >= 15 is 0 Å². The van der Waals surface area contributed by atoms with Gasteiger partial charge in [0.1, 0.15) is 23.8 Å². The number of nitrogens with zero attached hydrogens (tertiary/aromatic N) is 4. The Morgan fingerprint density at radius 1 is 1.20 bits per heavy atom. The van der Waals surface area contributed by atoms with Crippen molar-refractivity contribution in [3.8, 4) is 0 Å². The third-order valence-corrected chi connectivity index (χ3v) is 6.06. The minimum atomic E-state index is -1.09. The van der Waals surface area contributed by atoms with Crippen LogP contribution in [0.3, 0.4) is 0 Å². The van der Waals surface area contributed by atoms with E-state index in [1.165, 1.54) is 38.2 Å². The van der Waals surface area contributed by atoms with Crippen LogP contribution in [-0.2, 0) is 27.5 Å². The number of amides is 4. The second kappa shape index (κ2) is 10.1. The average molecular weight is 487 g/mol. The van der Waals surface area contributed by atoms with E-state index in [0.717, 1.165) is 0 Å². The van der Waals surface area contributed by atoms with Gasteiger partial charge in [0.15, 0.2) is 0 Å². The highest BCUT2D eigenvalue weighted by atomic mass is 19.1. The van der Waals surface area contributed by atoms with Gasteiger partial charge in [0, 0.05) is 20.0 Å². The molecule has 1 aromatic heterocycles. The number of aliphatic carboxylic acids is 1. The molecule has 4 rings (SSSR count). The molecule has 0 spiro atoms. The maximum atomic E-state index is 13.3. The minimum absolute atomic E-state index is 0.0170. The molecule has 0 bridgehead atoms. The van der Waals surface area contributed by atoms with Crippen molar-refractivity contribution < 1.29 is 33.1 Å². The smallest absolute Gasteiger partial charge is 0.334 e. The number of piperazine rings is 1. The highest BCUT2D eigenvalue weighted by molar-refractivity contribution is 5.91. The number of carboxylic acids is 1. The van der Waals surface area contributed by atoms with Crippen LogP contribution in [-0.4, -0.2) is 81.1 Å². The van der Waals surface area contributed by atoms with Crippen LogP contribution in [0.5, 0.6) is 0 Å². The minimum Gasteiger partial charge on any atom is -0.481 e. The Balaban J connectivity index is 1.59. The van der Waals surface area contributed by atoms with E-state index in [1.54, 1.807) is 31.3 Å². The molecular formula is C23H26FN5O6. The highest BCUT2D eigenvalue weighted by Gasteiger charge is 2.50. The molecule has 2 aliphatic heterocycles. The van der Waals surface area contributed by atoms with Crippen LogP contribution >= 0.6 is 0 Å². The lowest BCUT2D eigenvalue weighted by Gasteiger charge is -2.54. The van der Waals surface area contributed by atoms with Crippen LogP contribution < -0.4 is 5.32 Å². The largest absolute Gasteiger partial charge is 0.481 e. The molecule has 4 amide bonds. The summed E-state index contributed by atoms with van der Waals surface area (Å²) in [4.78, 5) is 53.6. The summed E-state index contributed by atoms with van der Waals surface area (Å²) >= 11 is 0.